The maximum Gasteiger partial charge on any atom is 0.325 e. The second-order valence-electron chi connectivity index (χ2n) is 5.79. The lowest BCUT2D eigenvalue weighted by atomic mass is 10.2. The van der Waals surface area contributed by atoms with Gasteiger partial charge in [0.15, 0.2) is 0 Å². The molecule has 9 nitrogen and oxygen atoms in total. The molecule has 11 heteroatoms. The molecule has 0 radical (unpaired) electrons. The van der Waals surface area contributed by atoms with E-state index in [4.69, 9.17) is 0 Å². The number of esters is 2. The average Bonchev–Trinajstić information content (AvgIpc) is 2.67. The third kappa shape index (κ3) is 6.89. The Labute approximate surface area is 163 Å². The van der Waals surface area contributed by atoms with E-state index in [2.05, 4.69) is 9.47 Å². The monoisotopic (exact) mass is 418 g/mol. The van der Waals surface area contributed by atoms with Crippen LogP contribution in [0.15, 0.2) is 29.2 Å². The minimum absolute atomic E-state index is 0.00966. The highest BCUT2D eigenvalue weighted by Crippen LogP contribution is 2.15. The number of rotatable bonds is 10. The summed E-state index contributed by atoms with van der Waals surface area (Å²) in [5, 5.41) is 0. The summed E-state index contributed by atoms with van der Waals surface area (Å²) in [6.45, 7) is -0.835. The van der Waals surface area contributed by atoms with Gasteiger partial charge in [0, 0.05) is 20.0 Å². The lowest BCUT2D eigenvalue weighted by molar-refractivity contribution is -0.152. The third-order valence-corrected chi connectivity index (χ3v) is 5.70. The number of hydrogen-bond donors (Lipinski definition) is 0. The summed E-state index contributed by atoms with van der Waals surface area (Å²) >= 11 is 0. The van der Waals surface area contributed by atoms with Gasteiger partial charge < -0.3 is 14.4 Å². The number of methoxy groups -OCH3 is 2. The van der Waals surface area contributed by atoms with Crippen molar-refractivity contribution in [3.05, 3.63) is 30.1 Å². The SMILES string of the molecule is COC(=O)CN(CC(=O)OC)C(=O)CCCN(C)S(=O)(=O)c1ccc(F)cc1. The van der Waals surface area contributed by atoms with Gasteiger partial charge in [0.05, 0.1) is 19.1 Å². The Morgan fingerprint density at radius 3 is 1.96 bits per heavy atom. The number of ether oxygens (including phenoxy) is 2. The molecule has 1 rings (SSSR count). The number of amides is 1. The molecule has 1 amide bonds. The fraction of sp³-hybridized carbons (Fsp3) is 0.471. The standard InChI is InChI=1S/C17H23FN2O7S/c1-19(28(24,25)14-8-6-13(18)7-9-14)10-4-5-15(21)20(11-16(22)26-2)12-17(23)27-3/h6-9H,4-5,10-12H2,1-3H3. The van der Waals surface area contributed by atoms with Crippen molar-refractivity contribution in [2.45, 2.75) is 17.7 Å². The smallest absolute Gasteiger partial charge is 0.325 e. The molecule has 1 aromatic carbocycles. The molecule has 0 aromatic heterocycles. The molecule has 0 unspecified atom stereocenters. The Kier molecular flexibility index (Phi) is 9.00. The Balaban J connectivity index is 2.67. The summed E-state index contributed by atoms with van der Waals surface area (Å²) in [6.07, 6.45) is 0.0475. The summed E-state index contributed by atoms with van der Waals surface area (Å²) in [5.74, 6) is -2.48. The van der Waals surface area contributed by atoms with Crippen molar-refractivity contribution in [1.29, 1.82) is 0 Å². The Bertz CT molecular complexity index is 778. The van der Waals surface area contributed by atoms with Crippen LogP contribution in [-0.4, -0.2) is 76.4 Å². The van der Waals surface area contributed by atoms with Crippen LogP contribution >= 0.6 is 0 Å². The molecule has 0 heterocycles. The summed E-state index contributed by atoms with van der Waals surface area (Å²) in [4.78, 5) is 36.0. The van der Waals surface area contributed by atoms with Crippen LogP contribution in [0.5, 0.6) is 0 Å². The molecule has 156 valence electrons. The van der Waals surface area contributed by atoms with E-state index in [0.717, 1.165) is 47.7 Å². The molecule has 28 heavy (non-hydrogen) atoms. The quantitative estimate of drug-likeness (QED) is 0.506. The second kappa shape index (κ2) is 10.7. The second-order valence-corrected chi connectivity index (χ2v) is 7.83. The zero-order valence-electron chi connectivity index (χ0n) is 15.9. The summed E-state index contributed by atoms with van der Waals surface area (Å²) in [6, 6.07) is 4.39. The van der Waals surface area contributed by atoms with Crippen LogP contribution in [0.3, 0.4) is 0 Å². The number of halogens is 1. The van der Waals surface area contributed by atoms with Gasteiger partial charge in [0.1, 0.15) is 18.9 Å². The van der Waals surface area contributed by atoms with Gasteiger partial charge in [-0.25, -0.2) is 17.1 Å². The third-order valence-electron chi connectivity index (χ3n) is 3.83. The maximum absolute atomic E-state index is 13.0. The van der Waals surface area contributed by atoms with Gasteiger partial charge in [-0.1, -0.05) is 0 Å². The fourth-order valence-corrected chi connectivity index (χ4v) is 3.40. The van der Waals surface area contributed by atoms with Gasteiger partial charge in [-0.15, -0.1) is 0 Å². The molecular formula is C17H23FN2O7S. The molecule has 0 atom stereocenters. The highest BCUT2D eigenvalue weighted by atomic mass is 32.2. The highest BCUT2D eigenvalue weighted by molar-refractivity contribution is 7.89. The van der Waals surface area contributed by atoms with Gasteiger partial charge in [0.2, 0.25) is 15.9 Å². The molecule has 0 saturated heterocycles. The van der Waals surface area contributed by atoms with Crippen molar-refractivity contribution < 1.29 is 36.7 Å². The van der Waals surface area contributed by atoms with Crippen LogP contribution in [0, 0.1) is 5.82 Å². The summed E-state index contributed by atoms with van der Waals surface area (Å²) in [5.41, 5.74) is 0. The van der Waals surface area contributed by atoms with Gasteiger partial charge in [-0.05, 0) is 30.7 Å². The first-order valence-electron chi connectivity index (χ1n) is 8.25. The number of hydrogen-bond acceptors (Lipinski definition) is 7. The number of sulfonamides is 1. The predicted octanol–water partition coefficient (Wildman–Crippen LogP) is 0.401. The van der Waals surface area contributed by atoms with Gasteiger partial charge >= 0.3 is 11.9 Å². The molecule has 0 aliphatic carbocycles. The number of carbonyl (C=O) groups excluding carboxylic acids is 3. The predicted molar refractivity (Wildman–Crippen MR) is 96.1 cm³/mol. The molecule has 0 N–H and O–H groups in total. The van der Waals surface area contributed by atoms with E-state index in [1.165, 1.54) is 7.05 Å². The first kappa shape index (κ1) is 23.5. The summed E-state index contributed by atoms with van der Waals surface area (Å²) in [7, 11) is -0.187. The molecule has 1 aromatic rings. The van der Waals surface area contributed by atoms with Crippen LogP contribution in [0.25, 0.3) is 0 Å². The first-order valence-corrected chi connectivity index (χ1v) is 9.69. The van der Waals surface area contributed by atoms with Crippen molar-refractivity contribution in [3.63, 3.8) is 0 Å². The van der Waals surface area contributed by atoms with Crippen molar-refractivity contribution in [2.75, 3.05) is 40.9 Å². The molecular weight excluding hydrogens is 395 g/mol. The van der Waals surface area contributed by atoms with Crippen LogP contribution in [0.4, 0.5) is 4.39 Å². The van der Waals surface area contributed by atoms with Gasteiger partial charge in [-0.2, -0.15) is 0 Å². The zero-order chi connectivity index (χ0) is 21.3. The number of nitrogens with zero attached hydrogens (tertiary/aromatic N) is 2. The number of benzene rings is 1. The van der Waals surface area contributed by atoms with Gasteiger partial charge in [-0.3, -0.25) is 14.4 Å². The van der Waals surface area contributed by atoms with E-state index in [-0.39, 0.29) is 24.3 Å². The van der Waals surface area contributed by atoms with Crippen LogP contribution in [0.2, 0.25) is 0 Å². The fourth-order valence-electron chi connectivity index (χ4n) is 2.19. The average molecular weight is 418 g/mol. The number of carbonyl (C=O) groups is 3. The largest absolute Gasteiger partial charge is 0.468 e. The molecule has 0 bridgehead atoms. The van der Waals surface area contributed by atoms with Crippen molar-refractivity contribution in [3.8, 4) is 0 Å². The molecule has 0 spiro atoms. The van der Waals surface area contributed by atoms with E-state index in [1.807, 2.05) is 0 Å². The molecule has 0 aliphatic rings. The van der Waals surface area contributed by atoms with E-state index in [1.54, 1.807) is 0 Å². The van der Waals surface area contributed by atoms with E-state index in [9.17, 15) is 27.2 Å². The van der Waals surface area contributed by atoms with Gasteiger partial charge in [0.25, 0.3) is 0 Å². The van der Waals surface area contributed by atoms with E-state index >= 15 is 0 Å². The summed E-state index contributed by atoms with van der Waals surface area (Å²) < 4.78 is 47.8. The minimum atomic E-state index is -3.83. The highest BCUT2D eigenvalue weighted by Gasteiger charge is 2.23. The normalized spacial score (nSPS) is 11.2. The Morgan fingerprint density at radius 1 is 1.00 bits per heavy atom. The van der Waals surface area contributed by atoms with Crippen molar-refractivity contribution >= 4 is 27.9 Å². The van der Waals surface area contributed by atoms with Crippen molar-refractivity contribution in [2.24, 2.45) is 0 Å². The molecule has 0 aliphatic heterocycles. The molecule has 0 fully saturated rings. The maximum atomic E-state index is 13.0. The zero-order valence-corrected chi connectivity index (χ0v) is 16.7. The first-order chi connectivity index (χ1) is 13.1. The lowest BCUT2D eigenvalue weighted by Crippen LogP contribution is -2.40. The van der Waals surface area contributed by atoms with Crippen LogP contribution < -0.4 is 0 Å². The Hall–Kier alpha value is -2.53. The minimum Gasteiger partial charge on any atom is -0.468 e. The topological polar surface area (TPSA) is 110 Å². The van der Waals surface area contributed by atoms with E-state index in [0.29, 0.717) is 0 Å². The van der Waals surface area contributed by atoms with Crippen LogP contribution in [-0.2, 0) is 33.9 Å². The van der Waals surface area contributed by atoms with Crippen molar-refractivity contribution in [1.82, 2.24) is 9.21 Å². The van der Waals surface area contributed by atoms with E-state index < -0.39 is 46.8 Å². The molecule has 0 saturated carbocycles. The lowest BCUT2D eigenvalue weighted by Gasteiger charge is -2.21. The van der Waals surface area contributed by atoms with Crippen LogP contribution in [0.1, 0.15) is 12.8 Å². The Morgan fingerprint density at radius 2 is 1.50 bits per heavy atom.